The minimum absolute atomic E-state index is 0.0699. The normalized spacial score (nSPS) is 16.0. The van der Waals surface area contributed by atoms with Gasteiger partial charge in [0, 0.05) is 68.6 Å². The molecule has 10 nitrogen and oxygen atoms in total. The molecule has 4 rings (SSSR count). The molecule has 0 unspecified atom stereocenters. The zero-order valence-electron chi connectivity index (χ0n) is 23.1. The summed E-state index contributed by atoms with van der Waals surface area (Å²) in [5.41, 5.74) is 7.94. The van der Waals surface area contributed by atoms with E-state index in [4.69, 9.17) is 10.7 Å². The van der Waals surface area contributed by atoms with Crippen LogP contribution in [0.4, 0.5) is 11.5 Å². The maximum atomic E-state index is 13.1. The summed E-state index contributed by atoms with van der Waals surface area (Å²) in [5.74, 6) is -0.0695. The molecule has 40 heavy (non-hydrogen) atoms. The first-order valence-electron chi connectivity index (χ1n) is 14.0. The molecule has 2 aliphatic rings. The molecule has 2 saturated heterocycles. The van der Waals surface area contributed by atoms with E-state index in [-0.39, 0.29) is 29.2 Å². The van der Waals surface area contributed by atoms with E-state index in [0.29, 0.717) is 62.8 Å². The van der Waals surface area contributed by atoms with Crippen molar-refractivity contribution in [3.05, 3.63) is 65.9 Å². The van der Waals surface area contributed by atoms with E-state index in [0.717, 1.165) is 31.4 Å². The number of nitrogens with zero attached hydrogens (tertiary/aromatic N) is 4. The number of piperazine rings is 1. The van der Waals surface area contributed by atoms with E-state index >= 15 is 0 Å². The molecule has 0 spiro atoms. The Labute approximate surface area is 235 Å². The zero-order valence-corrected chi connectivity index (χ0v) is 23.1. The number of unbranched alkanes of at least 4 members (excludes halogenated alkanes) is 1. The number of hydrogen-bond donors (Lipinski definition) is 2. The quantitative estimate of drug-likeness (QED) is 0.465. The number of rotatable bonds is 9. The highest BCUT2D eigenvalue weighted by molar-refractivity contribution is 5.98. The van der Waals surface area contributed by atoms with Gasteiger partial charge in [0.1, 0.15) is 5.82 Å². The van der Waals surface area contributed by atoms with Gasteiger partial charge < -0.3 is 25.8 Å². The number of likely N-dealkylation sites (tertiary alicyclic amines) is 1. The second kappa shape index (κ2) is 13.2. The van der Waals surface area contributed by atoms with E-state index in [1.165, 1.54) is 6.08 Å². The summed E-state index contributed by atoms with van der Waals surface area (Å²) >= 11 is 0. The molecular weight excluding hydrogens is 508 g/mol. The van der Waals surface area contributed by atoms with Crippen molar-refractivity contribution in [1.29, 1.82) is 0 Å². The van der Waals surface area contributed by atoms with Gasteiger partial charge in [-0.25, -0.2) is 4.98 Å². The van der Waals surface area contributed by atoms with Crippen LogP contribution in [0.25, 0.3) is 0 Å². The second-order valence-electron chi connectivity index (χ2n) is 10.3. The molecule has 2 aliphatic heterocycles. The van der Waals surface area contributed by atoms with Gasteiger partial charge >= 0.3 is 0 Å². The Balaban J connectivity index is 1.39. The van der Waals surface area contributed by atoms with Crippen LogP contribution in [-0.4, -0.2) is 82.6 Å². The van der Waals surface area contributed by atoms with Crippen LogP contribution in [0.5, 0.6) is 0 Å². The fourth-order valence-electron chi connectivity index (χ4n) is 5.18. The van der Waals surface area contributed by atoms with Gasteiger partial charge in [-0.05, 0) is 61.7 Å². The summed E-state index contributed by atoms with van der Waals surface area (Å²) in [6, 6.07) is 10.5. The summed E-state index contributed by atoms with van der Waals surface area (Å²) < 4.78 is 0. The third-order valence-electron chi connectivity index (χ3n) is 7.64. The standard InChI is InChI=1S/C30H38N6O4/c1-3-5-6-27(38)35-17-19-36(20-18-35)30(40)22-7-9-23(10-8-22)32-29-24(28(31)39)11-12-25(33-29)21-13-15-34(16-14-21)26(37)4-2/h4,7-12,21H,2-3,5-6,13-20H2,1H3,(H2,31,39)(H,32,33). The average molecular weight is 547 g/mol. The van der Waals surface area contributed by atoms with Crippen molar-refractivity contribution < 1.29 is 19.2 Å². The van der Waals surface area contributed by atoms with Crippen molar-refractivity contribution >= 4 is 35.1 Å². The van der Waals surface area contributed by atoms with Crippen molar-refractivity contribution in [1.82, 2.24) is 19.7 Å². The van der Waals surface area contributed by atoms with E-state index in [1.807, 2.05) is 11.0 Å². The van der Waals surface area contributed by atoms with Crippen molar-refractivity contribution in [2.24, 2.45) is 5.73 Å². The summed E-state index contributed by atoms with van der Waals surface area (Å²) in [4.78, 5) is 59.5. The Morgan fingerprint density at radius 2 is 1.60 bits per heavy atom. The van der Waals surface area contributed by atoms with Gasteiger partial charge in [-0.15, -0.1) is 0 Å². The molecule has 1 aromatic heterocycles. The molecule has 0 saturated carbocycles. The van der Waals surface area contributed by atoms with Gasteiger partial charge in [0.25, 0.3) is 11.8 Å². The first-order valence-corrected chi connectivity index (χ1v) is 14.0. The van der Waals surface area contributed by atoms with Gasteiger partial charge in [-0.1, -0.05) is 19.9 Å². The van der Waals surface area contributed by atoms with Crippen molar-refractivity contribution in [3.63, 3.8) is 0 Å². The number of carbonyl (C=O) groups excluding carboxylic acids is 4. The molecule has 2 fully saturated rings. The first kappa shape index (κ1) is 28.8. The zero-order chi connectivity index (χ0) is 28.6. The minimum Gasteiger partial charge on any atom is -0.365 e. The predicted octanol–water partition coefficient (Wildman–Crippen LogP) is 3.29. The molecule has 2 aromatic rings. The van der Waals surface area contributed by atoms with Gasteiger partial charge in [0.2, 0.25) is 11.8 Å². The fraction of sp³-hybridized carbons (Fsp3) is 0.433. The van der Waals surface area contributed by atoms with E-state index in [2.05, 4.69) is 18.8 Å². The van der Waals surface area contributed by atoms with E-state index < -0.39 is 5.91 Å². The number of aromatic nitrogens is 1. The molecule has 212 valence electrons. The third kappa shape index (κ3) is 6.86. The Bertz CT molecular complexity index is 1250. The van der Waals surface area contributed by atoms with Crippen molar-refractivity contribution in [2.75, 3.05) is 44.6 Å². The van der Waals surface area contributed by atoms with Crippen molar-refractivity contribution in [2.45, 2.75) is 44.9 Å². The number of hydrogen-bond acceptors (Lipinski definition) is 6. The van der Waals surface area contributed by atoms with Crippen LogP contribution in [0.1, 0.15) is 71.4 Å². The summed E-state index contributed by atoms with van der Waals surface area (Å²) in [6.07, 6.45) is 5.29. The first-order chi connectivity index (χ1) is 19.3. The fourth-order valence-corrected chi connectivity index (χ4v) is 5.18. The maximum Gasteiger partial charge on any atom is 0.253 e. The molecule has 1 aromatic carbocycles. The van der Waals surface area contributed by atoms with Crippen LogP contribution >= 0.6 is 0 Å². The Kier molecular flexibility index (Phi) is 9.52. The van der Waals surface area contributed by atoms with Crippen molar-refractivity contribution in [3.8, 4) is 0 Å². The number of nitrogens with two attached hydrogens (primary N) is 1. The number of anilines is 2. The number of carbonyl (C=O) groups is 4. The highest BCUT2D eigenvalue weighted by Crippen LogP contribution is 2.30. The average Bonchev–Trinajstić information content (AvgIpc) is 2.99. The number of primary amides is 1. The lowest BCUT2D eigenvalue weighted by atomic mass is 9.92. The monoisotopic (exact) mass is 546 g/mol. The van der Waals surface area contributed by atoms with Crippen LogP contribution in [0.3, 0.4) is 0 Å². The highest BCUT2D eigenvalue weighted by atomic mass is 16.2. The highest BCUT2D eigenvalue weighted by Gasteiger charge is 2.26. The largest absolute Gasteiger partial charge is 0.365 e. The number of benzene rings is 1. The van der Waals surface area contributed by atoms with Gasteiger partial charge in [-0.3, -0.25) is 19.2 Å². The molecule has 0 radical (unpaired) electrons. The second-order valence-corrected chi connectivity index (χ2v) is 10.3. The van der Waals surface area contributed by atoms with E-state index in [1.54, 1.807) is 40.1 Å². The van der Waals surface area contributed by atoms with E-state index in [9.17, 15) is 19.2 Å². The van der Waals surface area contributed by atoms with Gasteiger partial charge in [0.05, 0.1) is 5.56 Å². The molecule has 10 heteroatoms. The molecule has 4 amide bonds. The molecule has 0 bridgehead atoms. The molecular formula is C30H38N6O4. The van der Waals surface area contributed by atoms with Crippen LogP contribution in [0, 0.1) is 0 Å². The summed E-state index contributed by atoms with van der Waals surface area (Å²) in [5, 5.41) is 3.19. The molecule has 3 N–H and O–H groups in total. The Morgan fingerprint density at radius 1 is 0.950 bits per heavy atom. The predicted molar refractivity (Wildman–Crippen MR) is 153 cm³/mol. The summed E-state index contributed by atoms with van der Waals surface area (Å²) in [7, 11) is 0. The minimum atomic E-state index is -0.591. The molecule has 0 atom stereocenters. The van der Waals surface area contributed by atoms with Gasteiger partial charge in [-0.2, -0.15) is 0 Å². The smallest absolute Gasteiger partial charge is 0.253 e. The lowest BCUT2D eigenvalue weighted by Crippen LogP contribution is -2.50. The lowest BCUT2D eigenvalue weighted by Gasteiger charge is -2.35. The third-order valence-corrected chi connectivity index (χ3v) is 7.64. The van der Waals surface area contributed by atoms with Crippen LogP contribution < -0.4 is 11.1 Å². The van der Waals surface area contributed by atoms with Crippen LogP contribution in [0.15, 0.2) is 49.1 Å². The number of amides is 4. The lowest BCUT2D eigenvalue weighted by molar-refractivity contribution is -0.132. The number of pyridine rings is 1. The Hall–Kier alpha value is -4.21. The number of nitrogens with one attached hydrogen (secondary N) is 1. The topological polar surface area (TPSA) is 129 Å². The molecule has 3 heterocycles. The Morgan fingerprint density at radius 3 is 2.20 bits per heavy atom. The van der Waals surface area contributed by atoms with Crippen LogP contribution in [0.2, 0.25) is 0 Å². The SMILES string of the molecule is C=CC(=O)N1CCC(c2ccc(C(N)=O)c(Nc3ccc(C(=O)N4CCN(C(=O)CCCC)CC4)cc3)n2)CC1. The molecule has 0 aliphatic carbocycles. The maximum absolute atomic E-state index is 13.1. The number of piperidine rings is 1. The van der Waals surface area contributed by atoms with Crippen LogP contribution in [-0.2, 0) is 9.59 Å². The van der Waals surface area contributed by atoms with Gasteiger partial charge in [0.15, 0.2) is 0 Å². The summed E-state index contributed by atoms with van der Waals surface area (Å²) in [6.45, 7) is 8.99.